The number of nitrogens with one attached hydrogen (secondary N) is 1. The molecule has 0 radical (unpaired) electrons. The van der Waals surface area contributed by atoms with E-state index < -0.39 is 10.8 Å². The molecule has 1 aromatic heterocycles. The van der Waals surface area contributed by atoms with E-state index in [2.05, 4.69) is 30.2 Å². The average Bonchev–Trinajstić information content (AvgIpc) is 2.25. The Bertz CT molecular complexity index is 355. The molecule has 0 amide bonds. The van der Waals surface area contributed by atoms with Crippen molar-refractivity contribution in [3.63, 3.8) is 0 Å². The fourth-order valence-electron chi connectivity index (χ4n) is 1.42. The first-order valence-corrected chi connectivity index (χ1v) is 7.26. The number of rotatable bonds is 6. The van der Waals surface area contributed by atoms with Gasteiger partial charge >= 0.3 is 0 Å². The summed E-state index contributed by atoms with van der Waals surface area (Å²) in [5.74, 6) is 0.759. The van der Waals surface area contributed by atoms with E-state index >= 15 is 0 Å². The Kier molecular flexibility index (Phi) is 5.63. The van der Waals surface area contributed by atoms with E-state index in [-0.39, 0.29) is 0 Å². The van der Waals surface area contributed by atoms with Crippen molar-refractivity contribution in [1.29, 1.82) is 0 Å². The van der Waals surface area contributed by atoms with Gasteiger partial charge in [0.25, 0.3) is 0 Å². The molecular formula is C12H20N2OS. The molecule has 0 fully saturated rings. The van der Waals surface area contributed by atoms with E-state index in [0.29, 0.717) is 6.04 Å². The highest BCUT2D eigenvalue weighted by Crippen LogP contribution is 2.03. The van der Waals surface area contributed by atoms with Crippen LogP contribution in [0.1, 0.15) is 24.6 Å². The molecule has 0 saturated carbocycles. The predicted molar refractivity (Wildman–Crippen MR) is 68.8 cm³/mol. The van der Waals surface area contributed by atoms with Crippen molar-refractivity contribution < 1.29 is 4.21 Å². The Morgan fingerprint density at radius 2 is 2.31 bits per heavy atom. The van der Waals surface area contributed by atoms with Crippen LogP contribution in [0.2, 0.25) is 0 Å². The monoisotopic (exact) mass is 240 g/mol. The summed E-state index contributed by atoms with van der Waals surface area (Å²) in [5, 5.41) is 3.40. The smallest absolute Gasteiger partial charge is 0.0570 e. The highest BCUT2D eigenvalue weighted by molar-refractivity contribution is 7.84. The Morgan fingerprint density at radius 1 is 1.56 bits per heavy atom. The van der Waals surface area contributed by atoms with Gasteiger partial charge in [0.2, 0.25) is 0 Å². The van der Waals surface area contributed by atoms with E-state index in [9.17, 15) is 4.21 Å². The molecule has 16 heavy (non-hydrogen) atoms. The van der Waals surface area contributed by atoms with Gasteiger partial charge in [-0.25, -0.2) is 0 Å². The van der Waals surface area contributed by atoms with Crippen molar-refractivity contribution in [3.8, 4) is 0 Å². The van der Waals surface area contributed by atoms with Crippen molar-refractivity contribution in [3.05, 3.63) is 29.6 Å². The van der Waals surface area contributed by atoms with Crippen LogP contribution >= 0.6 is 0 Å². The first-order valence-electron chi connectivity index (χ1n) is 5.53. The van der Waals surface area contributed by atoms with Crippen molar-refractivity contribution in [1.82, 2.24) is 10.3 Å². The Morgan fingerprint density at radius 3 is 2.94 bits per heavy atom. The fourth-order valence-corrected chi connectivity index (χ4v) is 2.10. The summed E-state index contributed by atoms with van der Waals surface area (Å²) in [6, 6.07) is 4.39. The molecule has 0 aliphatic rings. The van der Waals surface area contributed by atoms with Gasteiger partial charge in [0.15, 0.2) is 0 Å². The molecule has 1 N–H and O–H groups in total. The fraction of sp³-hybridized carbons (Fsp3) is 0.583. The van der Waals surface area contributed by atoms with Crippen molar-refractivity contribution in [2.45, 2.75) is 32.9 Å². The van der Waals surface area contributed by atoms with Crippen LogP contribution < -0.4 is 5.32 Å². The molecule has 0 saturated heterocycles. The second-order valence-corrected chi connectivity index (χ2v) is 5.67. The maximum Gasteiger partial charge on any atom is 0.0570 e. The normalized spacial score (nSPS) is 14.7. The summed E-state index contributed by atoms with van der Waals surface area (Å²) in [5.41, 5.74) is 2.30. The molecule has 90 valence electrons. The Labute approximate surface area is 100 Å². The van der Waals surface area contributed by atoms with Crippen LogP contribution in [0, 0.1) is 6.92 Å². The topological polar surface area (TPSA) is 42.0 Å². The zero-order valence-electron chi connectivity index (χ0n) is 10.2. The molecule has 2 atom stereocenters. The van der Waals surface area contributed by atoms with Gasteiger partial charge in [-0.05, 0) is 31.9 Å². The molecular weight excluding hydrogens is 220 g/mol. The SMILES string of the molecule is Cc1cccnc1CNC(C)CCS(C)=O. The number of aromatic nitrogens is 1. The highest BCUT2D eigenvalue weighted by Gasteiger charge is 2.04. The Hall–Kier alpha value is -0.740. The minimum absolute atomic E-state index is 0.380. The Balaban J connectivity index is 2.34. The number of hydrogen-bond acceptors (Lipinski definition) is 3. The lowest BCUT2D eigenvalue weighted by molar-refractivity contribution is 0.529. The third-order valence-corrected chi connectivity index (χ3v) is 3.38. The lowest BCUT2D eigenvalue weighted by atomic mass is 10.2. The molecule has 4 heteroatoms. The summed E-state index contributed by atoms with van der Waals surface area (Å²) < 4.78 is 10.9. The van der Waals surface area contributed by atoms with E-state index in [0.717, 1.165) is 24.4 Å². The molecule has 3 nitrogen and oxygen atoms in total. The lowest BCUT2D eigenvalue weighted by Crippen LogP contribution is -2.27. The molecule has 1 rings (SSSR count). The van der Waals surface area contributed by atoms with Crippen LogP contribution in [0.25, 0.3) is 0 Å². The van der Waals surface area contributed by atoms with Crippen molar-refractivity contribution >= 4 is 10.8 Å². The summed E-state index contributed by atoms with van der Waals surface area (Å²) >= 11 is 0. The maximum absolute atomic E-state index is 10.9. The summed E-state index contributed by atoms with van der Waals surface area (Å²) in [7, 11) is -0.694. The minimum atomic E-state index is -0.694. The first-order chi connectivity index (χ1) is 7.59. The number of hydrogen-bond donors (Lipinski definition) is 1. The largest absolute Gasteiger partial charge is 0.309 e. The van der Waals surface area contributed by atoms with Gasteiger partial charge in [0.05, 0.1) is 5.69 Å². The van der Waals surface area contributed by atoms with Crippen LogP contribution in [0.3, 0.4) is 0 Å². The van der Waals surface area contributed by atoms with E-state index in [1.165, 1.54) is 5.56 Å². The van der Waals surface area contributed by atoms with E-state index in [1.54, 1.807) is 6.26 Å². The summed E-state index contributed by atoms with van der Waals surface area (Å²) in [6.45, 7) is 4.96. The predicted octanol–water partition coefficient (Wildman–Crippen LogP) is 1.64. The molecule has 0 aliphatic carbocycles. The highest BCUT2D eigenvalue weighted by atomic mass is 32.2. The third-order valence-electron chi connectivity index (χ3n) is 2.57. The van der Waals surface area contributed by atoms with Crippen LogP contribution in [-0.4, -0.2) is 27.2 Å². The van der Waals surface area contributed by atoms with Gasteiger partial charge in [0.1, 0.15) is 0 Å². The van der Waals surface area contributed by atoms with Crippen molar-refractivity contribution in [2.24, 2.45) is 0 Å². The zero-order valence-corrected chi connectivity index (χ0v) is 11.0. The van der Waals surface area contributed by atoms with Gasteiger partial charge < -0.3 is 5.32 Å². The molecule has 0 spiro atoms. The molecule has 1 aromatic rings. The maximum atomic E-state index is 10.9. The number of aryl methyl sites for hydroxylation is 1. The average molecular weight is 240 g/mol. The van der Waals surface area contributed by atoms with E-state index in [1.807, 2.05) is 12.3 Å². The molecule has 0 aromatic carbocycles. The number of nitrogens with zero attached hydrogens (tertiary/aromatic N) is 1. The number of pyridine rings is 1. The molecule has 2 unspecified atom stereocenters. The van der Waals surface area contributed by atoms with Gasteiger partial charge in [-0.15, -0.1) is 0 Å². The second kappa shape index (κ2) is 6.76. The lowest BCUT2D eigenvalue weighted by Gasteiger charge is -2.13. The van der Waals surface area contributed by atoms with Crippen molar-refractivity contribution in [2.75, 3.05) is 12.0 Å². The molecule has 1 heterocycles. The van der Waals surface area contributed by atoms with Crippen LogP contribution in [0.5, 0.6) is 0 Å². The molecule has 0 bridgehead atoms. The first kappa shape index (κ1) is 13.3. The quantitative estimate of drug-likeness (QED) is 0.822. The van der Waals surface area contributed by atoms with Crippen LogP contribution in [-0.2, 0) is 17.3 Å². The minimum Gasteiger partial charge on any atom is -0.309 e. The summed E-state index contributed by atoms with van der Waals surface area (Å²) in [4.78, 5) is 4.32. The standard InChI is InChI=1S/C12H20N2OS/c1-10-5-4-7-13-12(10)9-14-11(2)6-8-16(3)15/h4-5,7,11,14H,6,8-9H2,1-3H3. The van der Waals surface area contributed by atoms with Crippen LogP contribution in [0.4, 0.5) is 0 Å². The van der Waals surface area contributed by atoms with Crippen LogP contribution in [0.15, 0.2) is 18.3 Å². The molecule has 0 aliphatic heterocycles. The van der Waals surface area contributed by atoms with Gasteiger partial charge in [-0.3, -0.25) is 9.19 Å². The summed E-state index contributed by atoms with van der Waals surface area (Å²) in [6.07, 6.45) is 4.50. The third kappa shape index (κ3) is 4.86. The van der Waals surface area contributed by atoms with E-state index in [4.69, 9.17) is 0 Å². The van der Waals surface area contributed by atoms with Gasteiger partial charge in [-0.2, -0.15) is 0 Å². The van der Waals surface area contributed by atoms with Gasteiger partial charge in [0, 0.05) is 41.6 Å². The van der Waals surface area contributed by atoms with Gasteiger partial charge in [-0.1, -0.05) is 6.07 Å². The second-order valence-electron chi connectivity index (χ2n) is 4.11. The zero-order chi connectivity index (χ0) is 12.0.